The summed E-state index contributed by atoms with van der Waals surface area (Å²) < 4.78 is 5.37. The van der Waals surface area contributed by atoms with Crippen LogP contribution >= 0.6 is 0 Å². The molecule has 1 heterocycles. The largest absolute Gasteiger partial charge is 0.496 e. The Morgan fingerprint density at radius 2 is 1.62 bits per heavy atom. The first-order valence-electron chi connectivity index (χ1n) is 9.25. The third kappa shape index (κ3) is 4.47. The van der Waals surface area contributed by atoms with E-state index in [1.807, 2.05) is 91.0 Å². The van der Waals surface area contributed by atoms with Gasteiger partial charge in [-0.15, -0.1) is 0 Å². The second kappa shape index (κ2) is 8.80. The van der Waals surface area contributed by atoms with E-state index >= 15 is 0 Å². The summed E-state index contributed by atoms with van der Waals surface area (Å²) in [6.45, 7) is 0. The number of methoxy groups -OCH3 is 1. The van der Waals surface area contributed by atoms with Gasteiger partial charge in [-0.3, -0.25) is 5.43 Å². The zero-order valence-electron chi connectivity index (χ0n) is 16.0. The van der Waals surface area contributed by atoms with Crippen LogP contribution < -0.4 is 10.2 Å². The Balaban J connectivity index is 1.68. The normalized spacial score (nSPS) is 11.7. The van der Waals surface area contributed by atoms with Crippen molar-refractivity contribution in [3.8, 4) is 5.75 Å². The fourth-order valence-electron chi connectivity index (χ4n) is 2.91. The fraction of sp³-hybridized carbons (Fsp3) is 0.0417. The number of aromatic nitrogens is 1. The van der Waals surface area contributed by atoms with E-state index in [9.17, 15) is 0 Å². The molecule has 0 saturated heterocycles. The summed E-state index contributed by atoms with van der Waals surface area (Å²) in [6.07, 6.45) is 1.71. The first-order valence-corrected chi connectivity index (χ1v) is 9.25. The predicted octanol–water partition coefficient (Wildman–Crippen LogP) is 4.95. The van der Waals surface area contributed by atoms with E-state index in [-0.39, 0.29) is 0 Å². The minimum absolute atomic E-state index is 0.563. The van der Waals surface area contributed by atoms with E-state index in [0.717, 1.165) is 27.9 Å². The van der Waals surface area contributed by atoms with E-state index in [1.165, 1.54) is 0 Å². The molecule has 0 aliphatic heterocycles. The number of para-hydroxylation sites is 3. The van der Waals surface area contributed by atoms with Gasteiger partial charge in [-0.25, -0.2) is 9.98 Å². The van der Waals surface area contributed by atoms with Crippen molar-refractivity contribution >= 4 is 28.6 Å². The summed E-state index contributed by atoms with van der Waals surface area (Å²) in [4.78, 5) is 9.45. The number of aliphatic imine (C=N–C) groups is 1. The average molecular weight is 380 g/mol. The van der Waals surface area contributed by atoms with E-state index < -0.39 is 0 Å². The number of hydrazone groups is 1. The van der Waals surface area contributed by atoms with Crippen LogP contribution in [0.3, 0.4) is 0 Å². The van der Waals surface area contributed by atoms with Crippen LogP contribution in [-0.4, -0.2) is 24.1 Å². The number of pyridine rings is 1. The van der Waals surface area contributed by atoms with Crippen LogP contribution in [-0.2, 0) is 0 Å². The molecule has 0 fully saturated rings. The van der Waals surface area contributed by atoms with Gasteiger partial charge in [-0.1, -0.05) is 54.6 Å². The van der Waals surface area contributed by atoms with E-state index in [1.54, 1.807) is 13.3 Å². The molecular formula is C24H20N4O. The number of rotatable bonds is 5. The first-order chi connectivity index (χ1) is 14.3. The Kier molecular flexibility index (Phi) is 5.58. The topological polar surface area (TPSA) is 58.9 Å². The lowest BCUT2D eigenvalue weighted by Gasteiger charge is -2.08. The van der Waals surface area contributed by atoms with Crippen molar-refractivity contribution in [1.29, 1.82) is 0 Å². The van der Waals surface area contributed by atoms with Gasteiger partial charge < -0.3 is 4.74 Å². The van der Waals surface area contributed by atoms with Gasteiger partial charge in [0.15, 0.2) is 5.84 Å². The monoisotopic (exact) mass is 380 g/mol. The number of fused-ring (bicyclic) bond motifs is 1. The maximum atomic E-state index is 5.37. The highest BCUT2D eigenvalue weighted by atomic mass is 16.5. The van der Waals surface area contributed by atoms with E-state index in [2.05, 4.69) is 10.5 Å². The van der Waals surface area contributed by atoms with E-state index in [0.29, 0.717) is 11.5 Å². The predicted molar refractivity (Wildman–Crippen MR) is 118 cm³/mol. The van der Waals surface area contributed by atoms with Crippen molar-refractivity contribution in [2.75, 3.05) is 7.11 Å². The van der Waals surface area contributed by atoms with Crippen molar-refractivity contribution in [3.05, 3.63) is 102 Å². The summed E-state index contributed by atoms with van der Waals surface area (Å²) in [5.41, 5.74) is 6.35. The second-order valence-electron chi connectivity index (χ2n) is 6.30. The number of benzene rings is 3. The SMILES string of the molecule is COc1ccccc1/C=N/NC(=Nc1ccccc1)c1ccc2ccccc2n1. The maximum Gasteiger partial charge on any atom is 0.173 e. The molecule has 5 heteroatoms. The Labute approximate surface area is 169 Å². The second-order valence-corrected chi connectivity index (χ2v) is 6.30. The highest BCUT2D eigenvalue weighted by Gasteiger charge is 2.07. The summed E-state index contributed by atoms with van der Waals surface area (Å²) in [6, 6.07) is 29.4. The highest BCUT2D eigenvalue weighted by molar-refractivity contribution is 6.00. The fourth-order valence-corrected chi connectivity index (χ4v) is 2.91. The van der Waals surface area contributed by atoms with Gasteiger partial charge >= 0.3 is 0 Å². The first kappa shape index (κ1) is 18.4. The lowest BCUT2D eigenvalue weighted by atomic mass is 10.2. The van der Waals surface area contributed by atoms with Crippen molar-refractivity contribution in [2.45, 2.75) is 0 Å². The molecular weight excluding hydrogens is 360 g/mol. The molecule has 5 nitrogen and oxygen atoms in total. The van der Waals surface area contributed by atoms with Crippen LogP contribution in [0.15, 0.2) is 101 Å². The summed E-state index contributed by atoms with van der Waals surface area (Å²) in [5.74, 6) is 1.32. The van der Waals surface area contributed by atoms with Crippen molar-refractivity contribution in [1.82, 2.24) is 10.4 Å². The van der Waals surface area contributed by atoms with Gasteiger partial charge in [0, 0.05) is 10.9 Å². The molecule has 0 unspecified atom stereocenters. The molecule has 0 spiro atoms. The maximum absolute atomic E-state index is 5.37. The zero-order valence-corrected chi connectivity index (χ0v) is 16.0. The molecule has 0 amide bonds. The van der Waals surface area contributed by atoms with Gasteiger partial charge in [-0.2, -0.15) is 5.10 Å². The van der Waals surface area contributed by atoms with Gasteiger partial charge in [-0.05, 0) is 36.4 Å². The standard InChI is InChI=1S/C24H20N4O/c1-29-23-14-8-6-10-19(23)17-25-28-24(26-20-11-3-2-4-12-20)22-16-15-18-9-5-7-13-21(18)27-22/h2-17H,1H3,(H,26,28)/b25-17+. The van der Waals surface area contributed by atoms with Crippen LogP contribution in [0.1, 0.15) is 11.3 Å². The van der Waals surface area contributed by atoms with Crippen LogP contribution in [0.4, 0.5) is 5.69 Å². The van der Waals surface area contributed by atoms with Gasteiger partial charge in [0.05, 0.1) is 24.5 Å². The number of hydrogen-bond acceptors (Lipinski definition) is 4. The van der Waals surface area contributed by atoms with E-state index in [4.69, 9.17) is 14.7 Å². The molecule has 0 aliphatic carbocycles. The minimum Gasteiger partial charge on any atom is -0.496 e. The lowest BCUT2D eigenvalue weighted by molar-refractivity contribution is 0.414. The smallest absolute Gasteiger partial charge is 0.173 e. The minimum atomic E-state index is 0.563. The van der Waals surface area contributed by atoms with Gasteiger partial charge in [0.1, 0.15) is 11.4 Å². The lowest BCUT2D eigenvalue weighted by Crippen LogP contribution is -2.20. The molecule has 4 aromatic rings. The zero-order chi connectivity index (χ0) is 19.9. The molecule has 3 aromatic carbocycles. The number of amidine groups is 1. The quantitative estimate of drug-likeness (QED) is 0.303. The van der Waals surface area contributed by atoms with Crippen molar-refractivity contribution in [2.24, 2.45) is 10.1 Å². The summed E-state index contributed by atoms with van der Waals surface area (Å²) >= 11 is 0. The molecule has 0 radical (unpaired) electrons. The van der Waals surface area contributed by atoms with Gasteiger partial charge in [0.2, 0.25) is 0 Å². The molecule has 0 bridgehead atoms. The third-order valence-electron chi connectivity index (χ3n) is 4.35. The molecule has 0 aliphatic rings. The molecule has 1 aromatic heterocycles. The molecule has 0 atom stereocenters. The van der Waals surface area contributed by atoms with Crippen LogP contribution in [0.25, 0.3) is 10.9 Å². The molecule has 142 valence electrons. The molecule has 4 rings (SSSR count). The molecule has 1 N–H and O–H groups in total. The van der Waals surface area contributed by atoms with Gasteiger partial charge in [0.25, 0.3) is 0 Å². The number of ether oxygens (including phenoxy) is 1. The number of nitrogens with zero attached hydrogens (tertiary/aromatic N) is 3. The third-order valence-corrected chi connectivity index (χ3v) is 4.35. The number of nitrogens with one attached hydrogen (secondary N) is 1. The Bertz CT molecular complexity index is 1170. The van der Waals surface area contributed by atoms with Crippen LogP contribution in [0.2, 0.25) is 0 Å². The Morgan fingerprint density at radius 3 is 2.48 bits per heavy atom. The molecule has 29 heavy (non-hydrogen) atoms. The summed E-state index contributed by atoms with van der Waals surface area (Å²) in [7, 11) is 1.64. The van der Waals surface area contributed by atoms with Crippen molar-refractivity contribution < 1.29 is 4.74 Å². The Hall–Kier alpha value is -3.99. The summed E-state index contributed by atoms with van der Waals surface area (Å²) in [5, 5.41) is 5.45. The van der Waals surface area contributed by atoms with Crippen molar-refractivity contribution in [3.63, 3.8) is 0 Å². The van der Waals surface area contributed by atoms with Crippen LogP contribution in [0.5, 0.6) is 5.75 Å². The Morgan fingerprint density at radius 1 is 0.862 bits per heavy atom. The average Bonchev–Trinajstić information content (AvgIpc) is 2.79. The highest BCUT2D eigenvalue weighted by Crippen LogP contribution is 2.16. The number of hydrogen-bond donors (Lipinski definition) is 1. The molecule has 0 saturated carbocycles. The van der Waals surface area contributed by atoms with Crippen LogP contribution in [0, 0.1) is 0 Å².